The molecule has 5 nitrogen and oxygen atoms in total. The molecule has 0 aliphatic carbocycles. The molecule has 2 N–H and O–H groups in total. The number of H-pyrrole nitrogens is 1. The fraction of sp³-hybridized carbons (Fsp3) is 0.357. The zero-order chi connectivity index (χ0) is 13.1. The Morgan fingerprint density at radius 2 is 2.11 bits per heavy atom. The summed E-state index contributed by atoms with van der Waals surface area (Å²) >= 11 is 0. The molecular formula is C14H17N3O2. The van der Waals surface area contributed by atoms with Crippen molar-refractivity contribution in [3.63, 3.8) is 0 Å². The summed E-state index contributed by atoms with van der Waals surface area (Å²) in [5.74, 6) is 2.60. The molecule has 0 unspecified atom stereocenters. The Labute approximate surface area is 112 Å². The van der Waals surface area contributed by atoms with Crippen molar-refractivity contribution in [2.45, 2.75) is 6.42 Å². The second kappa shape index (κ2) is 5.32. The second-order valence-corrected chi connectivity index (χ2v) is 4.46. The standard InChI is InChI=1S/C14H17N3O2/c1-15-5-4-14-16-9-11(17-14)10-2-3-12-13(8-10)19-7-6-18-12/h2-3,8-9,15H,4-7H2,1H3,(H,16,17). The summed E-state index contributed by atoms with van der Waals surface area (Å²) in [4.78, 5) is 7.70. The third kappa shape index (κ3) is 2.56. The minimum absolute atomic E-state index is 0.604. The third-order valence-electron chi connectivity index (χ3n) is 3.09. The number of hydrogen-bond acceptors (Lipinski definition) is 4. The van der Waals surface area contributed by atoms with Crippen molar-refractivity contribution in [2.75, 3.05) is 26.8 Å². The van der Waals surface area contributed by atoms with Crippen molar-refractivity contribution >= 4 is 0 Å². The largest absolute Gasteiger partial charge is 0.486 e. The van der Waals surface area contributed by atoms with Crippen LogP contribution in [0.2, 0.25) is 0 Å². The molecule has 0 saturated heterocycles. The summed E-state index contributed by atoms with van der Waals surface area (Å²) in [6.45, 7) is 2.13. The molecule has 19 heavy (non-hydrogen) atoms. The van der Waals surface area contributed by atoms with E-state index in [1.165, 1.54) is 0 Å². The average Bonchev–Trinajstić information content (AvgIpc) is 2.93. The van der Waals surface area contributed by atoms with Gasteiger partial charge in [-0.15, -0.1) is 0 Å². The van der Waals surface area contributed by atoms with E-state index < -0.39 is 0 Å². The maximum Gasteiger partial charge on any atom is 0.162 e. The van der Waals surface area contributed by atoms with Crippen LogP contribution < -0.4 is 14.8 Å². The van der Waals surface area contributed by atoms with Crippen LogP contribution in [-0.4, -0.2) is 36.8 Å². The summed E-state index contributed by atoms with van der Waals surface area (Å²) in [5, 5.41) is 3.11. The molecule has 0 atom stereocenters. The van der Waals surface area contributed by atoms with E-state index in [0.717, 1.165) is 41.5 Å². The molecule has 1 aliphatic heterocycles. The highest BCUT2D eigenvalue weighted by Crippen LogP contribution is 2.33. The van der Waals surface area contributed by atoms with Crippen LogP contribution in [0.4, 0.5) is 0 Å². The quantitative estimate of drug-likeness (QED) is 0.875. The molecule has 1 aromatic carbocycles. The third-order valence-corrected chi connectivity index (χ3v) is 3.09. The predicted octanol–water partition coefficient (Wildman–Crippen LogP) is 1.61. The average molecular weight is 259 g/mol. The van der Waals surface area contributed by atoms with Crippen molar-refractivity contribution in [1.82, 2.24) is 15.3 Å². The number of likely N-dealkylation sites (N-methyl/N-ethyl adjacent to an activating group) is 1. The van der Waals surface area contributed by atoms with E-state index in [2.05, 4.69) is 15.3 Å². The highest BCUT2D eigenvalue weighted by atomic mass is 16.6. The van der Waals surface area contributed by atoms with E-state index in [9.17, 15) is 0 Å². The number of ether oxygens (including phenoxy) is 2. The van der Waals surface area contributed by atoms with Crippen molar-refractivity contribution in [3.8, 4) is 22.8 Å². The van der Waals surface area contributed by atoms with E-state index in [1.54, 1.807) is 0 Å². The zero-order valence-corrected chi connectivity index (χ0v) is 10.9. The van der Waals surface area contributed by atoms with Crippen LogP contribution in [0.25, 0.3) is 11.3 Å². The van der Waals surface area contributed by atoms with Gasteiger partial charge in [0.15, 0.2) is 11.5 Å². The SMILES string of the molecule is CNCCc1ncc(-c2ccc3c(c2)OCCO3)[nH]1. The Hall–Kier alpha value is -2.01. The van der Waals surface area contributed by atoms with Gasteiger partial charge in [-0.05, 0) is 25.2 Å². The summed E-state index contributed by atoms with van der Waals surface area (Å²) < 4.78 is 11.1. The molecule has 5 heteroatoms. The van der Waals surface area contributed by atoms with Gasteiger partial charge in [-0.1, -0.05) is 0 Å². The van der Waals surface area contributed by atoms with Gasteiger partial charge in [-0.3, -0.25) is 0 Å². The predicted molar refractivity (Wildman–Crippen MR) is 72.6 cm³/mol. The van der Waals surface area contributed by atoms with E-state index >= 15 is 0 Å². The Morgan fingerprint density at radius 1 is 1.26 bits per heavy atom. The zero-order valence-electron chi connectivity index (χ0n) is 10.9. The van der Waals surface area contributed by atoms with Gasteiger partial charge in [-0.25, -0.2) is 4.98 Å². The van der Waals surface area contributed by atoms with Gasteiger partial charge in [0.05, 0.1) is 11.9 Å². The number of benzene rings is 1. The first-order chi connectivity index (χ1) is 9.36. The van der Waals surface area contributed by atoms with Crippen LogP contribution in [0.5, 0.6) is 11.5 Å². The van der Waals surface area contributed by atoms with E-state index in [0.29, 0.717) is 13.2 Å². The van der Waals surface area contributed by atoms with Crippen LogP contribution in [-0.2, 0) is 6.42 Å². The number of nitrogens with one attached hydrogen (secondary N) is 2. The molecule has 0 bridgehead atoms. The number of imidazole rings is 1. The molecule has 3 rings (SSSR count). The molecular weight excluding hydrogens is 242 g/mol. The Kier molecular flexibility index (Phi) is 3.37. The molecule has 0 saturated carbocycles. The summed E-state index contributed by atoms with van der Waals surface area (Å²) in [5.41, 5.74) is 2.07. The van der Waals surface area contributed by atoms with Crippen molar-refractivity contribution < 1.29 is 9.47 Å². The van der Waals surface area contributed by atoms with Gasteiger partial charge in [0.1, 0.15) is 19.0 Å². The number of nitrogens with zero attached hydrogens (tertiary/aromatic N) is 1. The summed E-state index contributed by atoms with van der Waals surface area (Å²) in [6, 6.07) is 5.95. The minimum atomic E-state index is 0.604. The minimum Gasteiger partial charge on any atom is -0.486 e. The molecule has 100 valence electrons. The molecule has 0 amide bonds. The molecule has 1 aromatic heterocycles. The first-order valence-corrected chi connectivity index (χ1v) is 6.45. The van der Waals surface area contributed by atoms with Crippen LogP contribution in [0, 0.1) is 0 Å². The van der Waals surface area contributed by atoms with E-state index in [1.807, 2.05) is 31.4 Å². The lowest BCUT2D eigenvalue weighted by atomic mass is 10.1. The number of rotatable bonds is 4. The first kappa shape index (κ1) is 12.0. The van der Waals surface area contributed by atoms with Crippen molar-refractivity contribution in [3.05, 3.63) is 30.2 Å². The molecule has 2 aromatic rings. The smallest absolute Gasteiger partial charge is 0.162 e. The fourth-order valence-electron chi connectivity index (χ4n) is 2.09. The van der Waals surface area contributed by atoms with Crippen LogP contribution in [0.3, 0.4) is 0 Å². The van der Waals surface area contributed by atoms with Gasteiger partial charge in [0.25, 0.3) is 0 Å². The Morgan fingerprint density at radius 3 is 2.95 bits per heavy atom. The van der Waals surface area contributed by atoms with Crippen molar-refractivity contribution in [1.29, 1.82) is 0 Å². The summed E-state index contributed by atoms with van der Waals surface area (Å²) in [6.07, 6.45) is 2.75. The highest BCUT2D eigenvalue weighted by Gasteiger charge is 2.13. The normalized spacial score (nSPS) is 13.5. The lowest BCUT2D eigenvalue weighted by Gasteiger charge is -2.18. The van der Waals surface area contributed by atoms with Crippen LogP contribution in [0.15, 0.2) is 24.4 Å². The fourth-order valence-corrected chi connectivity index (χ4v) is 2.09. The lowest BCUT2D eigenvalue weighted by Crippen LogP contribution is -2.15. The van der Waals surface area contributed by atoms with Crippen molar-refractivity contribution in [2.24, 2.45) is 0 Å². The van der Waals surface area contributed by atoms with Crippen LogP contribution >= 0.6 is 0 Å². The molecule has 2 heterocycles. The molecule has 0 spiro atoms. The number of aromatic nitrogens is 2. The second-order valence-electron chi connectivity index (χ2n) is 4.46. The number of fused-ring (bicyclic) bond motifs is 1. The van der Waals surface area contributed by atoms with E-state index in [4.69, 9.17) is 9.47 Å². The maximum absolute atomic E-state index is 5.59. The maximum atomic E-state index is 5.59. The number of hydrogen-bond donors (Lipinski definition) is 2. The van der Waals surface area contributed by atoms with Gasteiger partial charge in [0, 0.05) is 18.5 Å². The van der Waals surface area contributed by atoms with Gasteiger partial charge in [0.2, 0.25) is 0 Å². The Bertz CT molecular complexity index is 566. The molecule has 0 fully saturated rings. The van der Waals surface area contributed by atoms with E-state index in [-0.39, 0.29) is 0 Å². The number of aromatic amines is 1. The van der Waals surface area contributed by atoms with Gasteiger partial charge >= 0.3 is 0 Å². The molecule has 0 radical (unpaired) electrons. The monoisotopic (exact) mass is 259 g/mol. The van der Waals surface area contributed by atoms with Gasteiger partial charge < -0.3 is 19.8 Å². The highest BCUT2D eigenvalue weighted by molar-refractivity contribution is 5.63. The lowest BCUT2D eigenvalue weighted by molar-refractivity contribution is 0.171. The Balaban J connectivity index is 1.83. The summed E-state index contributed by atoms with van der Waals surface area (Å²) in [7, 11) is 1.94. The topological polar surface area (TPSA) is 59.2 Å². The first-order valence-electron chi connectivity index (χ1n) is 6.45. The van der Waals surface area contributed by atoms with Gasteiger partial charge in [-0.2, -0.15) is 0 Å². The molecule has 1 aliphatic rings. The van der Waals surface area contributed by atoms with Crippen LogP contribution in [0.1, 0.15) is 5.82 Å².